The molecule has 1 heterocycles. The van der Waals surface area contributed by atoms with E-state index in [0.717, 1.165) is 109 Å². The minimum atomic E-state index is -1.91. The number of esters is 3. The van der Waals surface area contributed by atoms with Gasteiger partial charge in [0.25, 0.3) is 0 Å². The van der Waals surface area contributed by atoms with Gasteiger partial charge in [-0.25, -0.2) is 4.79 Å². The van der Waals surface area contributed by atoms with Gasteiger partial charge in [-0.1, -0.05) is 230 Å². The highest BCUT2D eigenvalue weighted by atomic mass is 16.7. The van der Waals surface area contributed by atoms with Gasteiger partial charge in [-0.15, -0.1) is 0 Å². The van der Waals surface area contributed by atoms with Crippen LogP contribution in [0.25, 0.3) is 0 Å². The normalized spacial score (nSPS) is 18.4. The molecule has 12 nitrogen and oxygen atoms in total. The zero-order valence-corrected chi connectivity index (χ0v) is 47.8. The second kappa shape index (κ2) is 51.4. The van der Waals surface area contributed by atoms with Gasteiger partial charge in [0.05, 0.1) is 6.61 Å². The smallest absolute Gasteiger partial charge is 0.335 e. The number of carbonyl (C=O) groups excluding carboxylic acids is 3. The highest BCUT2D eigenvalue weighted by Crippen LogP contribution is 2.26. The summed E-state index contributed by atoms with van der Waals surface area (Å²) >= 11 is 0. The molecule has 0 aromatic carbocycles. The van der Waals surface area contributed by atoms with E-state index < -0.39 is 67.3 Å². The van der Waals surface area contributed by atoms with Crippen molar-refractivity contribution < 1.29 is 58.2 Å². The van der Waals surface area contributed by atoms with Crippen LogP contribution in [0.15, 0.2) is 48.6 Å². The molecule has 1 rings (SSSR count). The fourth-order valence-corrected chi connectivity index (χ4v) is 9.20. The van der Waals surface area contributed by atoms with Crippen molar-refractivity contribution in [2.24, 2.45) is 0 Å². The third-order valence-corrected chi connectivity index (χ3v) is 13.9. The number of carbonyl (C=O) groups is 4. The first-order chi connectivity index (χ1) is 36.6. The maximum atomic E-state index is 13.2. The van der Waals surface area contributed by atoms with E-state index in [0.29, 0.717) is 19.3 Å². The number of aliphatic carboxylic acids is 1. The summed E-state index contributed by atoms with van der Waals surface area (Å²) in [4.78, 5) is 51.2. The van der Waals surface area contributed by atoms with Crippen LogP contribution >= 0.6 is 0 Å². The first-order valence-corrected chi connectivity index (χ1v) is 30.6. The predicted octanol–water partition coefficient (Wildman–Crippen LogP) is 15.8. The van der Waals surface area contributed by atoms with E-state index in [1.807, 2.05) is 0 Å². The number of aliphatic hydroxyl groups excluding tert-OH is 2. The summed E-state index contributed by atoms with van der Waals surface area (Å²) < 4.78 is 28.5. The summed E-state index contributed by atoms with van der Waals surface area (Å²) in [6.07, 6.45) is 49.3. The number of carboxylic acids is 1. The van der Waals surface area contributed by atoms with Crippen molar-refractivity contribution >= 4 is 23.9 Å². The number of aliphatic hydroxyl groups is 2. The van der Waals surface area contributed by atoms with Crippen LogP contribution in [0.5, 0.6) is 0 Å². The van der Waals surface area contributed by atoms with Gasteiger partial charge in [-0.05, 0) is 77.0 Å². The molecule has 0 amide bonds. The van der Waals surface area contributed by atoms with E-state index in [4.69, 9.17) is 23.7 Å². The lowest BCUT2D eigenvalue weighted by Gasteiger charge is -2.40. The summed E-state index contributed by atoms with van der Waals surface area (Å²) in [5.74, 6) is -3.13. The molecular formula is C63H110O12. The number of hydrogen-bond donors (Lipinski definition) is 3. The number of hydrogen-bond acceptors (Lipinski definition) is 11. The molecular weight excluding hydrogens is 949 g/mol. The van der Waals surface area contributed by atoms with Crippen LogP contribution in [0.2, 0.25) is 0 Å². The number of carboxylic acid groups (broad SMARTS) is 1. The van der Waals surface area contributed by atoms with E-state index in [1.54, 1.807) is 0 Å². The highest BCUT2D eigenvalue weighted by Gasteiger charge is 2.50. The van der Waals surface area contributed by atoms with Gasteiger partial charge in [0.15, 0.2) is 24.6 Å². The Morgan fingerprint density at radius 1 is 0.453 bits per heavy atom. The number of unbranched alkanes of at least 4 members (excludes halogenated alkanes) is 30. The van der Waals surface area contributed by atoms with Gasteiger partial charge >= 0.3 is 23.9 Å². The molecule has 12 heteroatoms. The van der Waals surface area contributed by atoms with Crippen molar-refractivity contribution in [2.45, 2.75) is 314 Å². The maximum Gasteiger partial charge on any atom is 0.335 e. The summed E-state index contributed by atoms with van der Waals surface area (Å²) in [6.45, 7) is 5.88. The molecule has 0 saturated carbocycles. The lowest BCUT2D eigenvalue weighted by Crippen LogP contribution is -2.61. The first kappa shape index (κ1) is 69.7. The van der Waals surface area contributed by atoms with Crippen molar-refractivity contribution in [3.63, 3.8) is 0 Å². The summed E-state index contributed by atoms with van der Waals surface area (Å²) in [7, 11) is 0. The fraction of sp³-hybridized carbons (Fsp3) is 0.810. The lowest BCUT2D eigenvalue weighted by molar-refractivity contribution is -0.301. The van der Waals surface area contributed by atoms with Crippen LogP contribution in [-0.2, 0) is 42.9 Å². The van der Waals surface area contributed by atoms with Crippen molar-refractivity contribution in [1.82, 2.24) is 0 Å². The first-order valence-electron chi connectivity index (χ1n) is 30.6. The molecule has 6 unspecified atom stereocenters. The molecule has 0 bridgehead atoms. The average molecular weight is 1060 g/mol. The monoisotopic (exact) mass is 1060 g/mol. The average Bonchev–Trinajstić information content (AvgIpc) is 3.39. The zero-order chi connectivity index (χ0) is 54.7. The van der Waals surface area contributed by atoms with Gasteiger partial charge in [-0.3, -0.25) is 14.4 Å². The molecule has 0 spiro atoms. The second-order valence-corrected chi connectivity index (χ2v) is 21.0. The lowest BCUT2D eigenvalue weighted by atomic mass is 9.98. The third kappa shape index (κ3) is 41.5. The Bertz CT molecular complexity index is 1490. The van der Waals surface area contributed by atoms with E-state index in [2.05, 4.69) is 69.4 Å². The highest BCUT2D eigenvalue weighted by molar-refractivity contribution is 5.74. The standard InChI is InChI=1S/C63H110O12/c1-4-7-10-13-16-19-22-25-28-31-34-37-40-43-46-49-55(64)71-52-54(73-56(65)50-47-44-41-38-35-32-29-26-23-20-17-14-11-8-5-2)53-72-63-61(59(68)58(67)60(75-63)62(69)70)74-57(66)51-48-45-42-39-36-33-30-27-24-21-18-15-12-9-6-3/h7,10,16,19,25,27-28,30,54,58-61,63,67-68H,4-6,8-9,11-15,17-18,20-24,26,29,31-53H2,1-3H3,(H,69,70)/b10-7-,19-16-,28-25-,30-27-. The molecule has 0 aliphatic carbocycles. The molecule has 1 fully saturated rings. The minimum Gasteiger partial charge on any atom is -0.479 e. The molecule has 75 heavy (non-hydrogen) atoms. The Morgan fingerprint density at radius 3 is 1.29 bits per heavy atom. The SMILES string of the molecule is CC/C=C\C/C=C\C/C=C\CCCCCCCC(=O)OCC(COC1OC(C(=O)O)C(O)C(O)C1OC(=O)CCCCCCC/C=C\CCCCCCCC)OC(=O)CCCCCCCCCCCCCCCCC. The van der Waals surface area contributed by atoms with Crippen LogP contribution in [0, 0.1) is 0 Å². The van der Waals surface area contributed by atoms with E-state index in [-0.39, 0.29) is 25.9 Å². The van der Waals surface area contributed by atoms with Gasteiger partial charge in [0.2, 0.25) is 0 Å². The molecule has 3 N–H and O–H groups in total. The Hall–Kier alpha value is -3.32. The Morgan fingerprint density at radius 2 is 0.840 bits per heavy atom. The van der Waals surface area contributed by atoms with Crippen LogP contribution in [0.1, 0.15) is 278 Å². The summed E-state index contributed by atoms with van der Waals surface area (Å²) in [5.41, 5.74) is 0. The Balaban J connectivity index is 2.69. The van der Waals surface area contributed by atoms with Crippen LogP contribution in [0.4, 0.5) is 0 Å². The summed E-state index contributed by atoms with van der Waals surface area (Å²) in [6, 6.07) is 0. The predicted molar refractivity (Wildman–Crippen MR) is 303 cm³/mol. The molecule has 0 radical (unpaired) electrons. The number of rotatable bonds is 52. The largest absolute Gasteiger partial charge is 0.479 e. The molecule has 0 aromatic rings. The Kier molecular flexibility index (Phi) is 47.8. The van der Waals surface area contributed by atoms with Crippen molar-refractivity contribution in [3.8, 4) is 0 Å². The van der Waals surface area contributed by atoms with Gasteiger partial charge < -0.3 is 39.0 Å². The topological polar surface area (TPSA) is 175 Å². The molecule has 434 valence electrons. The molecule has 1 saturated heterocycles. The van der Waals surface area contributed by atoms with Crippen LogP contribution in [-0.4, -0.2) is 89.2 Å². The molecule has 0 aromatic heterocycles. The van der Waals surface area contributed by atoms with Gasteiger partial charge in [0, 0.05) is 19.3 Å². The third-order valence-electron chi connectivity index (χ3n) is 13.9. The Labute approximate surface area is 456 Å². The second-order valence-electron chi connectivity index (χ2n) is 21.0. The van der Waals surface area contributed by atoms with E-state index >= 15 is 0 Å². The molecule has 1 aliphatic heterocycles. The van der Waals surface area contributed by atoms with Gasteiger partial charge in [-0.2, -0.15) is 0 Å². The fourth-order valence-electron chi connectivity index (χ4n) is 9.20. The van der Waals surface area contributed by atoms with Crippen LogP contribution < -0.4 is 0 Å². The van der Waals surface area contributed by atoms with Gasteiger partial charge in [0.1, 0.15) is 18.8 Å². The quantitative estimate of drug-likeness (QED) is 0.0228. The number of allylic oxidation sites excluding steroid dienone is 8. The van der Waals surface area contributed by atoms with Crippen molar-refractivity contribution in [2.75, 3.05) is 13.2 Å². The van der Waals surface area contributed by atoms with E-state index in [1.165, 1.54) is 109 Å². The molecule has 6 atom stereocenters. The zero-order valence-electron chi connectivity index (χ0n) is 47.8. The van der Waals surface area contributed by atoms with Crippen molar-refractivity contribution in [3.05, 3.63) is 48.6 Å². The molecule has 1 aliphatic rings. The van der Waals surface area contributed by atoms with Crippen LogP contribution in [0.3, 0.4) is 0 Å². The maximum absolute atomic E-state index is 13.2. The summed E-state index contributed by atoms with van der Waals surface area (Å²) in [5, 5.41) is 31.5. The van der Waals surface area contributed by atoms with E-state index in [9.17, 15) is 34.5 Å². The van der Waals surface area contributed by atoms with Crippen molar-refractivity contribution in [1.29, 1.82) is 0 Å². The number of ether oxygens (including phenoxy) is 5. The minimum absolute atomic E-state index is 0.0508.